The predicted octanol–water partition coefficient (Wildman–Crippen LogP) is 4.64. The van der Waals surface area contributed by atoms with Crippen LogP contribution in [-0.2, 0) is 0 Å². The highest BCUT2D eigenvalue weighted by atomic mass is 16.5. The second kappa shape index (κ2) is 9.29. The number of hydrogen-bond donors (Lipinski definition) is 0. The molecule has 0 aliphatic carbocycles. The van der Waals surface area contributed by atoms with E-state index in [1.54, 1.807) is 37.5 Å². The Kier molecular flexibility index (Phi) is 6.79. The molecule has 0 N–H and O–H groups in total. The standard InChI is InChI=1S/C21H21NO3/c1-3-4-12-25-21-14-16(9-11-20(21)24-2)8-10-19(23)18-7-5-6-17(13-18)15-22/h5-11,13-14H,3-4,12H2,1-2H3/b10-8+. The van der Waals surface area contributed by atoms with Crippen LogP contribution in [0.15, 0.2) is 48.5 Å². The van der Waals surface area contributed by atoms with Gasteiger partial charge in [0.1, 0.15) is 0 Å². The van der Waals surface area contributed by atoms with Crippen molar-refractivity contribution in [3.8, 4) is 17.6 Å². The molecule has 2 aromatic rings. The smallest absolute Gasteiger partial charge is 0.185 e. The molecule has 0 spiro atoms. The Morgan fingerprint density at radius 1 is 1.20 bits per heavy atom. The van der Waals surface area contributed by atoms with Crippen LogP contribution in [0.4, 0.5) is 0 Å². The van der Waals surface area contributed by atoms with Crippen molar-refractivity contribution in [2.45, 2.75) is 19.8 Å². The Labute approximate surface area is 148 Å². The minimum absolute atomic E-state index is 0.152. The molecule has 0 radical (unpaired) electrons. The maximum Gasteiger partial charge on any atom is 0.185 e. The molecule has 0 saturated heterocycles. The Hall–Kier alpha value is -3.06. The number of carbonyl (C=O) groups is 1. The van der Waals surface area contributed by atoms with Crippen molar-refractivity contribution in [1.29, 1.82) is 5.26 Å². The maximum absolute atomic E-state index is 12.3. The van der Waals surface area contributed by atoms with Crippen molar-refractivity contribution in [3.05, 3.63) is 65.2 Å². The van der Waals surface area contributed by atoms with E-state index in [1.165, 1.54) is 6.08 Å². The van der Waals surface area contributed by atoms with E-state index in [2.05, 4.69) is 6.92 Å². The number of hydrogen-bond acceptors (Lipinski definition) is 4. The zero-order valence-corrected chi connectivity index (χ0v) is 14.5. The third kappa shape index (κ3) is 5.22. The number of unbranched alkanes of at least 4 members (excludes halogenated alkanes) is 1. The second-order valence-electron chi connectivity index (χ2n) is 5.50. The molecule has 4 nitrogen and oxygen atoms in total. The van der Waals surface area contributed by atoms with Gasteiger partial charge in [-0.05, 0) is 42.3 Å². The minimum atomic E-state index is -0.152. The molecular weight excluding hydrogens is 314 g/mol. The molecule has 0 aliphatic rings. The van der Waals surface area contributed by atoms with Gasteiger partial charge >= 0.3 is 0 Å². The van der Waals surface area contributed by atoms with Crippen LogP contribution in [0.3, 0.4) is 0 Å². The van der Waals surface area contributed by atoms with Crippen LogP contribution in [0, 0.1) is 11.3 Å². The quantitative estimate of drug-likeness (QED) is 0.400. The van der Waals surface area contributed by atoms with Gasteiger partial charge in [-0.3, -0.25) is 4.79 Å². The summed E-state index contributed by atoms with van der Waals surface area (Å²) >= 11 is 0. The Morgan fingerprint density at radius 3 is 2.76 bits per heavy atom. The molecule has 0 atom stereocenters. The van der Waals surface area contributed by atoms with Gasteiger partial charge in [0, 0.05) is 5.56 Å². The lowest BCUT2D eigenvalue weighted by Gasteiger charge is -2.11. The minimum Gasteiger partial charge on any atom is -0.493 e. The van der Waals surface area contributed by atoms with Crippen LogP contribution in [0.1, 0.15) is 41.3 Å². The summed E-state index contributed by atoms with van der Waals surface area (Å²) in [6, 6.07) is 14.2. The summed E-state index contributed by atoms with van der Waals surface area (Å²) in [5.74, 6) is 1.18. The number of nitriles is 1. The summed E-state index contributed by atoms with van der Waals surface area (Å²) in [4.78, 5) is 12.3. The Bertz CT molecular complexity index is 803. The van der Waals surface area contributed by atoms with Crippen molar-refractivity contribution in [2.24, 2.45) is 0 Å². The SMILES string of the molecule is CCCCOc1cc(/C=C/C(=O)c2cccc(C#N)c2)ccc1OC. The van der Waals surface area contributed by atoms with E-state index < -0.39 is 0 Å². The van der Waals surface area contributed by atoms with Crippen molar-refractivity contribution < 1.29 is 14.3 Å². The number of methoxy groups -OCH3 is 1. The Balaban J connectivity index is 2.15. The van der Waals surface area contributed by atoms with Crippen LogP contribution in [0.2, 0.25) is 0 Å². The zero-order valence-electron chi connectivity index (χ0n) is 14.5. The highest BCUT2D eigenvalue weighted by Gasteiger charge is 2.06. The van der Waals surface area contributed by atoms with E-state index in [0.29, 0.717) is 29.2 Å². The fourth-order valence-electron chi connectivity index (χ4n) is 2.25. The van der Waals surface area contributed by atoms with Gasteiger partial charge in [0.25, 0.3) is 0 Å². The second-order valence-corrected chi connectivity index (χ2v) is 5.50. The van der Waals surface area contributed by atoms with Crippen LogP contribution >= 0.6 is 0 Å². The van der Waals surface area contributed by atoms with Crippen molar-refractivity contribution in [3.63, 3.8) is 0 Å². The van der Waals surface area contributed by atoms with Crippen molar-refractivity contribution in [2.75, 3.05) is 13.7 Å². The van der Waals surface area contributed by atoms with Gasteiger partial charge in [-0.15, -0.1) is 0 Å². The van der Waals surface area contributed by atoms with Gasteiger partial charge in [-0.2, -0.15) is 5.26 Å². The number of ketones is 1. The number of nitrogens with zero attached hydrogens (tertiary/aromatic N) is 1. The van der Waals surface area contributed by atoms with Gasteiger partial charge in [0.2, 0.25) is 0 Å². The van der Waals surface area contributed by atoms with E-state index in [1.807, 2.05) is 24.3 Å². The summed E-state index contributed by atoms with van der Waals surface area (Å²) in [5.41, 5.74) is 1.80. The normalized spacial score (nSPS) is 10.4. The first-order valence-electron chi connectivity index (χ1n) is 8.21. The first kappa shape index (κ1) is 18.3. The Morgan fingerprint density at radius 2 is 2.04 bits per heavy atom. The van der Waals surface area contributed by atoms with E-state index >= 15 is 0 Å². The molecule has 2 aromatic carbocycles. The van der Waals surface area contributed by atoms with E-state index in [4.69, 9.17) is 14.7 Å². The molecule has 0 fully saturated rings. The largest absolute Gasteiger partial charge is 0.493 e. The van der Waals surface area contributed by atoms with Crippen LogP contribution in [0.5, 0.6) is 11.5 Å². The third-order valence-corrected chi connectivity index (χ3v) is 3.65. The molecule has 25 heavy (non-hydrogen) atoms. The van der Waals surface area contributed by atoms with Gasteiger partial charge < -0.3 is 9.47 Å². The number of ether oxygens (including phenoxy) is 2. The fraction of sp³-hybridized carbons (Fsp3) is 0.238. The molecule has 0 amide bonds. The number of allylic oxidation sites excluding steroid dienone is 1. The summed E-state index contributed by atoms with van der Waals surface area (Å²) in [6.45, 7) is 2.73. The van der Waals surface area contributed by atoms with E-state index in [0.717, 1.165) is 18.4 Å². The van der Waals surface area contributed by atoms with Gasteiger partial charge in [-0.25, -0.2) is 0 Å². The van der Waals surface area contributed by atoms with Gasteiger partial charge in [-0.1, -0.05) is 37.6 Å². The van der Waals surface area contributed by atoms with E-state index in [9.17, 15) is 4.79 Å². The lowest BCUT2D eigenvalue weighted by molar-refractivity contribution is 0.104. The number of rotatable bonds is 8. The number of benzene rings is 2. The average Bonchev–Trinajstić information content (AvgIpc) is 2.66. The monoisotopic (exact) mass is 335 g/mol. The van der Waals surface area contributed by atoms with Crippen molar-refractivity contribution in [1.82, 2.24) is 0 Å². The highest BCUT2D eigenvalue weighted by Crippen LogP contribution is 2.28. The van der Waals surface area contributed by atoms with Crippen LogP contribution in [-0.4, -0.2) is 19.5 Å². The highest BCUT2D eigenvalue weighted by molar-refractivity contribution is 6.07. The molecule has 0 unspecified atom stereocenters. The zero-order chi connectivity index (χ0) is 18.1. The molecule has 2 rings (SSSR count). The van der Waals surface area contributed by atoms with E-state index in [-0.39, 0.29) is 5.78 Å². The summed E-state index contributed by atoms with van der Waals surface area (Å²) in [7, 11) is 1.60. The molecule has 128 valence electrons. The molecule has 0 aliphatic heterocycles. The van der Waals surface area contributed by atoms with Crippen LogP contribution < -0.4 is 9.47 Å². The van der Waals surface area contributed by atoms with Crippen LogP contribution in [0.25, 0.3) is 6.08 Å². The topological polar surface area (TPSA) is 59.3 Å². The number of carbonyl (C=O) groups excluding carboxylic acids is 1. The lowest BCUT2D eigenvalue weighted by Crippen LogP contribution is -1.99. The molecule has 0 heterocycles. The molecular formula is C21H21NO3. The fourth-order valence-corrected chi connectivity index (χ4v) is 2.25. The van der Waals surface area contributed by atoms with Gasteiger partial charge in [0.15, 0.2) is 17.3 Å². The summed E-state index contributed by atoms with van der Waals surface area (Å²) in [6.07, 6.45) is 5.25. The van der Waals surface area contributed by atoms with Crippen molar-refractivity contribution >= 4 is 11.9 Å². The molecule has 0 aromatic heterocycles. The summed E-state index contributed by atoms with van der Waals surface area (Å²) in [5, 5.41) is 8.92. The summed E-state index contributed by atoms with van der Waals surface area (Å²) < 4.78 is 11.1. The average molecular weight is 335 g/mol. The maximum atomic E-state index is 12.3. The third-order valence-electron chi connectivity index (χ3n) is 3.65. The molecule has 0 bridgehead atoms. The lowest BCUT2D eigenvalue weighted by atomic mass is 10.1. The van der Waals surface area contributed by atoms with Gasteiger partial charge in [0.05, 0.1) is 25.3 Å². The molecule has 4 heteroatoms. The first-order valence-corrected chi connectivity index (χ1v) is 8.21. The molecule has 0 saturated carbocycles. The first-order chi connectivity index (χ1) is 12.2. The predicted molar refractivity (Wildman–Crippen MR) is 97.9 cm³/mol.